The van der Waals surface area contributed by atoms with E-state index >= 15 is 0 Å². The molecule has 2 heterocycles. The standard InChI is InChI=1S/C14H19N3O4/c1-10-7-13(15-9-12(10)17(19)20)16-6-4-3-5-11(16)8-14(18)21-2/h7,9,11H,3-6,8H2,1-2H3. The molecule has 0 aliphatic carbocycles. The van der Waals surface area contributed by atoms with Crippen LogP contribution < -0.4 is 4.90 Å². The molecule has 0 amide bonds. The van der Waals surface area contributed by atoms with Crippen LogP contribution in [0.5, 0.6) is 0 Å². The molecule has 1 aromatic heterocycles. The Kier molecular flexibility index (Phi) is 4.72. The number of ether oxygens (including phenoxy) is 1. The number of pyridine rings is 1. The largest absolute Gasteiger partial charge is 0.469 e. The molecule has 1 atom stereocenters. The van der Waals surface area contributed by atoms with Gasteiger partial charge in [-0.1, -0.05) is 0 Å². The van der Waals surface area contributed by atoms with Crippen molar-refractivity contribution in [3.05, 3.63) is 27.9 Å². The maximum atomic E-state index is 11.5. The second-order valence-corrected chi connectivity index (χ2v) is 5.21. The molecule has 1 aliphatic heterocycles. The molecule has 21 heavy (non-hydrogen) atoms. The first kappa shape index (κ1) is 15.2. The maximum Gasteiger partial charge on any atom is 0.307 e. The van der Waals surface area contributed by atoms with E-state index in [0.717, 1.165) is 25.8 Å². The van der Waals surface area contributed by atoms with Crippen LogP contribution in [0.2, 0.25) is 0 Å². The Morgan fingerprint density at radius 2 is 2.33 bits per heavy atom. The second kappa shape index (κ2) is 6.51. The SMILES string of the molecule is COC(=O)CC1CCCCN1c1cc(C)c([N+](=O)[O-])cn1. The Morgan fingerprint density at radius 3 is 2.95 bits per heavy atom. The van der Waals surface area contributed by atoms with Crippen molar-refractivity contribution < 1.29 is 14.5 Å². The van der Waals surface area contributed by atoms with Gasteiger partial charge in [-0.25, -0.2) is 4.98 Å². The van der Waals surface area contributed by atoms with Gasteiger partial charge in [0, 0.05) is 18.2 Å². The number of rotatable bonds is 4. The zero-order chi connectivity index (χ0) is 15.4. The third-order valence-electron chi connectivity index (χ3n) is 3.82. The van der Waals surface area contributed by atoms with Gasteiger partial charge in [-0.2, -0.15) is 0 Å². The number of methoxy groups -OCH3 is 1. The predicted molar refractivity (Wildman–Crippen MR) is 77.2 cm³/mol. The van der Waals surface area contributed by atoms with Gasteiger partial charge in [0.25, 0.3) is 5.69 Å². The lowest BCUT2D eigenvalue weighted by atomic mass is 9.99. The van der Waals surface area contributed by atoms with Crippen LogP contribution in [0.15, 0.2) is 12.3 Å². The third kappa shape index (κ3) is 3.48. The Morgan fingerprint density at radius 1 is 1.57 bits per heavy atom. The third-order valence-corrected chi connectivity index (χ3v) is 3.82. The molecule has 7 heteroatoms. The Balaban J connectivity index is 2.23. The summed E-state index contributed by atoms with van der Waals surface area (Å²) in [6, 6.07) is 1.76. The first-order valence-electron chi connectivity index (χ1n) is 6.97. The van der Waals surface area contributed by atoms with Crippen LogP contribution in [0.1, 0.15) is 31.2 Å². The Bertz CT molecular complexity index is 547. The van der Waals surface area contributed by atoms with E-state index < -0.39 is 4.92 Å². The summed E-state index contributed by atoms with van der Waals surface area (Å²) in [5.74, 6) is 0.442. The zero-order valence-corrected chi connectivity index (χ0v) is 12.2. The highest BCUT2D eigenvalue weighted by Gasteiger charge is 2.27. The minimum atomic E-state index is -0.436. The highest BCUT2D eigenvalue weighted by molar-refractivity contribution is 5.70. The molecule has 1 aliphatic rings. The monoisotopic (exact) mass is 293 g/mol. The van der Waals surface area contributed by atoms with E-state index in [1.807, 2.05) is 0 Å². The van der Waals surface area contributed by atoms with Crippen molar-refractivity contribution in [3.63, 3.8) is 0 Å². The van der Waals surface area contributed by atoms with Crippen LogP contribution in [0.3, 0.4) is 0 Å². The molecule has 114 valence electrons. The van der Waals surface area contributed by atoms with Crippen molar-refractivity contribution in [2.45, 2.75) is 38.6 Å². The maximum absolute atomic E-state index is 11.5. The lowest BCUT2D eigenvalue weighted by Gasteiger charge is -2.36. The summed E-state index contributed by atoms with van der Waals surface area (Å²) in [6.45, 7) is 2.49. The van der Waals surface area contributed by atoms with Crippen molar-refractivity contribution >= 4 is 17.5 Å². The summed E-state index contributed by atoms with van der Waals surface area (Å²) < 4.78 is 4.74. The van der Waals surface area contributed by atoms with E-state index in [0.29, 0.717) is 17.8 Å². The zero-order valence-electron chi connectivity index (χ0n) is 12.2. The summed E-state index contributed by atoms with van der Waals surface area (Å²) in [7, 11) is 1.38. The molecular weight excluding hydrogens is 274 g/mol. The smallest absolute Gasteiger partial charge is 0.307 e. The van der Waals surface area contributed by atoms with Crippen LogP contribution >= 0.6 is 0 Å². The van der Waals surface area contributed by atoms with Crippen LogP contribution in [-0.2, 0) is 9.53 Å². The highest BCUT2D eigenvalue weighted by atomic mass is 16.6. The summed E-state index contributed by atoms with van der Waals surface area (Å²) in [4.78, 5) is 28.2. The number of carbonyl (C=O) groups is 1. The van der Waals surface area contributed by atoms with Crippen LogP contribution in [0, 0.1) is 17.0 Å². The lowest BCUT2D eigenvalue weighted by Crippen LogP contribution is -2.41. The van der Waals surface area contributed by atoms with Crippen molar-refractivity contribution in [2.75, 3.05) is 18.6 Å². The number of esters is 1. The Hall–Kier alpha value is -2.18. The van der Waals surface area contributed by atoms with Crippen LogP contribution in [-0.4, -0.2) is 35.6 Å². The quantitative estimate of drug-likeness (QED) is 0.480. The van der Waals surface area contributed by atoms with Crippen LogP contribution in [0.25, 0.3) is 0 Å². The van der Waals surface area contributed by atoms with Gasteiger partial charge in [0.2, 0.25) is 0 Å². The van der Waals surface area contributed by atoms with E-state index in [-0.39, 0.29) is 17.7 Å². The van der Waals surface area contributed by atoms with Gasteiger partial charge < -0.3 is 9.64 Å². The highest BCUT2D eigenvalue weighted by Crippen LogP contribution is 2.28. The van der Waals surface area contributed by atoms with E-state index in [1.54, 1.807) is 13.0 Å². The van der Waals surface area contributed by atoms with Gasteiger partial charge in [0.15, 0.2) is 0 Å². The molecule has 0 bridgehead atoms. The molecule has 0 aromatic carbocycles. The molecule has 7 nitrogen and oxygen atoms in total. The summed E-state index contributed by atoms with van der Waals surface area (Å²) in [5, 5.41) is 10.8. The summed E-state index contributed by atoms with van der Waals surface area (Å²) in [5.41, 5.74) is 0.590. The first-order chi connectivity index (χ1) is 10.0. The fourth-order valence-electron chi connectivity index (χ4n) is 2.67. The van der Waals surface area contributed by atoms with E-state index in [1.165, 1.54) is 13.3 Å². The van der Waals surface area contributed by atoms with Gasteiger partial charge >= 0.3 is 5.97 Å². The number of nitrogens with zero attached hydrogens (tertiary/aromatic N) is 3. The van der Waals surface area contributed by atoms with Crippen molar-refractivity contribution in [3.8, 4) is 0 Å². The molecule has 1 unspecified atom stereocenters. The van der Waals surface area contributed by atoms with Gasteiger partial charge in [-0.15, -0.1) is 0 Å². The molecule has 0 saturated carbocycles. The van der Waals surface area contributed by atoms with E-state index in [2.05, 4.69) is 9.88 Å². The fraction of sp³-hybridized carbons (Fsp3) is 0.571. The molecule has 0 N–H and O–H groups in total. The number of carbonyl (C=O) groups excluding carboxylic acids is 1. The number of aryl methyl sites for hydroxylation is 1. The van der Waals surface area contributed by atoms with Crippen molar-refractivity contribution in [1.29, 1.82) is 0 Å². The average molecular weight is 293 g/mol. The first-order valence-corrected chi connectivity index (χ1v) is 6.97. The molecule has 1 saturated heterocycles. The molecule has 1 fully saturated rings. The lowest BCUT2D eigenvalue weighted by molar-refractivity contribution is -0.385. The van der Waals surface area contributed by atoms with Crippen molar-refractivity contribution in [1.82, 2.24) is 4.98 Å². The summed E-state index contributed by atoms with van der Waals surface area (Å²) >= 11 is 0. The number of nitro groups is 1. The van der Waals surface area contributed by atoms with Crippen LogP contribution in [0.4, 0.5) is 11.5 Å². The second-order valence-electron chi connectivity index (χ2n) is 5.21. The van der Waals surface area contributed by atoms with E-state index in [4.69, 9.17) is 4.74 Å². The molecule has 0 spiro atoms. The topological polar surface area (TPSA) is 85.6 Å². The van der Waals surface area contributed by atoms with Gasteiger partial charge in [-0.05, 0) is 32.3 Å². The van der Waals surface area contributed by atoms with Gasteiger partial charge in [0.1, 0.15) is 12.0 Å². The fourth-order valence-corrected chi connectivity index (χ4v) is 2.67. The van der Waals surface area contributed by atoms with Gasteiger partial charge in [-0.3, -0.25) is 14.9 Å². The van der Waals surface area contributed by atoms with Gasteiger partial charge in [0.05, 0.1) is 18.5 Å². The van der Waals surface area contributed by atoms with Crippen molar-refractivity contribution in [2.24, 2.45) is 0 Å². The Labute approximate surface area is 123 Å². The minimum Gasteiger partial charge on any atom is -0.469 e. The average Bonchev–Trinajstić information content (AvgIpc) is 2.47. The number of hydrogen-bond acceptors (Lipinski definition) is 6. The molecule has 2 rings (SSSR count). The van der Waals surface area contributed by atoms with E-state index in [9.17, 15) is 14.9 Å². The number of hydrogen-bond donors (Lipinski definition) is 0. The number of aromatic nitrogens is 1. The molecular formula is C14H19N3O4. The number of piperidine rings is 1. The minimum absolute atomic E-state index is 0.0141. The molecule has 1 aromatic rings. The normalized spacial score (nSPS) is 18.4. The molecule has 0 radical (unpaired) electrons. The number of anilines is 1. The summed E-state index contributed by atoms with van der Waals surface area (Å²) in [6.07, 6.45) is 4.58. The predicted octanol–water partition coefficient (Wildman–Crippen LogP) is 2.22.